The highest BCUT2D eigenvalue weighted by atomic mass is 16.5. The number of ether oxygens (including phenoxy) is 1. The van der Waals surface area contributed by atoms with Gasteiger partial charge >= 0.3 is 0 Å². The maximum Gasteiger partial charge on any atom is 0.211 e. The third-order valence-corrected chi connectivity index (χ3v) is 3.98. The molecule has 1 aromatic heterocycles. The molecule has 3 rings (SSSR count). The molecule has 0 saturated carbocycles. The Balaban J connectivity index is 1.75. The summed E-state index contributed by atoms with van der Waals surface area (Å²) in [5, 5.41) is 3.61. The van der Waals surface area contributed by atoms with Gasteiger partial charge in [-0.15, -0.1) is 0 Å². The molecule has 2 atom stereocenters. The monoisotopic (exact) mass is 286 g/mol. The average molecular weight is 286 g/mol. The van der Waals surface area contributed by atoms with E-state index in [1.807, 2.05) is 6.92 Å². The van der Waals surface area contributed by atoms with E-state index in [1.54, 1.807) is 6.20 Å². The van der Waals surface area contributed by atoms with Crippen LogP contribution < -0.4 is 10.1 Å². The van der Waals surface area contributed by atoms with Crippen LogP contribution in [0.15, 0.2) is 28.8 Å². The van der Waals surface area contributed by atoms with E-state index in [2.05, 4.69) is 42.3 Å². The molecule has 0 aliphatic carbocycles. The minimum absolute atomic E-state index is 0.0909. The number of benzene rings is 1. The highest BCUT2D eigenvalue weighted by Crippen LogP contribution is 2.30. The molecule has 21 heavy (non-hydrogen) atoms. The summed E-state index contributed by atoms with van der Waals surface area (Å²) in [5.74, 6) is 2.63. The summed E-state index contributed by atoms with van der Waals surface area (Å²) in [4.78, 5) is 4.31. The molecule has 0 radical (unpaired) electrons. The summed E-state index contributed by atoms with van der Waals surface area (Å²) in [6, 6.07) is 6.88. The largest absolute Gasteiger partial charge is 0.493 e. The van der Waals surface area contributed by atoms with Gasteiger partial charge in [-0.25, -0.2) is 4.98 Å². The van der Waals surface area contributed by atoms with E-state index in [0.717, 1.165) is 36.8 Å². The summed E-state index contributed by atoms with van der Waals surface area (Å²) in [5.41, 5.74) is 2.62. The zero-order valence-corrected chi connectivity index (χ0v) is 12.8. The number of hydrogen-bond donors (Lipinski definition) is 1. The first-order valence-electron chi connectivity index (χ1n) is 7.61. The second-order valence-corrected chi connectivity index (χ2v) is 5.62. The standard InChI is InChI=1S/C17H22N2O2/c1-4-15(19-12(3)17-18-10-11(2)21-17)13-5-6-16-14(9-13)7-8-20-16/h5-6,9-10,12,15,19H,4,7-8H2,1-3H3. The molecule has 0 amide bonds. The lowest BCUT2D eigenvalue weighted by atomic mass is 10.00. The van der Waals surface area contributed by atoms with Crippen LogP contribution in [0.3, 0.4) is 0 Å². The molecular weight excluding hydrogens is 264 g/mol. The normalized spacial score (nSPS) is 16.3. The topological polar surface area (TPSA) is 47.3 Å². The molecule has 1 aliphatic heterocycles. The van der Waals surface area contributed by atoms with Crippen molar-refractivity contribution in [2.24, 2.45) is 0 Å². The second-order valence-electron chi connectivity index (χ2n) is 5.62. The summed E-state index contributed by atoms with van der Waals surface area (Å²) >= 11 is 0. The molecule has 2 heterocycles. The number of rotatable bonds is 5. The Morgan fingerprint density at radius 1 is 1.38 bits per heavy atom. The van der Waals surface area contributed by atoms with E-state index >= 15 is 0 Å². The van der Waals surface area contributed by atoms with Crippen LogP contribution in [0, 0.1) is 6.92 Å². The van der Waals surface area contributed by atoms with Gasteiger partial charge in [-0.2, -0.15) is 0 Å². The highest BCUT2D eigenvalue weighted by Gasteiger charge is 2.19. The number of aryl methyl sites for hydroxylation is 1. The Labute approximate surface area is 125 Å². The maximum absolute atomic E-state index is 5.61. The van der Waals surface area contributed by atoms with Gasteiger partial charge in [0.05, 0.1) is 18.8 Å². The summed E-state index contributed by atoms with van der Waals surface area (Å²) in [7, 11) is 0. The van der Waals surface area contributed by atoms with Crippen molar-refractivity contribution in [1.82, 2.24) is 10.3 Å². The first-order valence-corrected chi connectivity index (χ1v) is 7.61. The molecule has 112 valence electrons. The zero-order valence-electron chi connectivity index (χ0n) is 12.8. The molecule has 0 fully saturated rings. The third kappa shape index (κ3) is 2.95. The van der Waals surface area contributed by atoms with Crippen molar-refractivity contribution in [3.05, 3.63) is 47.2 Å². The molecule has 1 aliphatic rings. The van der Waals surface area contributed by atoms with Crippen molar-refractivity contribution in [3.63, 3.8) is 0 Å². The predicted molar refractivity (Wildman–Crippen MR) is 81.5 cm³/mol. The first kappa shape index (κ1) is 14.1. The zero-order chi connectivity index (χ0) is 14.8. The van der Waals surface area contributed by atoms with Crippen molar-refractivity contribution in [2.75, 3.05) is 6.61 Å². The minimum atomic E-state index is 0.0909. The van der Waals surface area contributed by atoms with Gasteiger partial charge in [0.1, 0.15) is 11.5 Å². The Hall–Kier alpha value is -1.81. The Morgan fingerprint density at radius 3 is 2.95 bits per heavy atom. The van der Waals surface area contributed by atoms with Crippen molar-refractivity contribution in [3.8, 4) is 5.75 Å². The van der Waals surface area contributed by atoms with E-state index in [-0.39, 0.29) is 12.1 Å². The summed E-state index contributed by atoms with van der Waals surface area (Å²) in [6.07, 6.45) is 3.79. The molecule has 1 N–H and O–H groups in total. The van der Waals surface area contributed by atoms with Crippen molar-refractivity contribution >= 4 is 0 Å². The SMILES string of the molecule is CCC(NC(C)c1ncc(C)o1)c1ccc2c(c1)CCO2. The van der Waals surface area contributed by atoms with Crippen molar-refractivity contribution in [1.29, 1.82) is 0 Å². The summed E-state index contributed by atoms with van der Waals surface area (Å²) in [6.45, 7) is 7.00. The van der Waals surface area contributed by atoms with Gasteiger partial charge in [0.15, 0.2) is 0 Å². The van der Waals surface area contributed by atoms with E-state index in [0.29, 0.717) is 0 Å². The second kappa shape index (κ2) is 5.90. The van der Waals surface area contributed by atoms with Gasteiger partial charge < -0.3 is 9.15 Å². The van der Waals surface area contributed by atoms with Crippen molar-refractivity contribution < 1.29 is 9.15 Å². The lowest BCUT2D eigenvalue weighted by Gasteiger charge is -2.21. The van der Waals surface area contributed by atoms with Crippen LogP contribution >= 0.6 is 0 Å². The predicted octanol–water partition coefficient (Wildman–Crippen LogP) is 3.72. The van der Waals surface area contributed by atoms with E-state index < -0.39 is 0 Å². The van der Waals surface area contributed by atoms with Crippen LogP contribution in [0.2, 0.25) is 0 Å². The van der Waals surface area contributed by atoms with Crippen LogP contribution in [0.25, 0.3) is 0 Å². The number of aromatic nitrogens is 1. The van der Waals surface area contributed by atoms with Crippen LogP contribution in [0.1, 0.15) is 55.1 Å². The molecular formula is C17H22N2O2. The first-order chi connectivity index (χ1) is 10.2. The van der Waals surface area contributed by atoms with Gasteiger partial charge in [0, 0.05) is 12.5 Å². The van der Waals surface area contributed by atoms with Gasteiger partial charge in [-0.1, -0.05) is 19.1 Å². The molecule has 4 nitrogen and oxygen atoms in total. The fourth-order valence-electron chi connectivity index (χ4n) is 2.82. The maximum atomic E-state index is 5.61. The van der Waals surface area contributed by atoms with E-state index in [4.69, 9.17) is 9.15 Å². The van der Waals surface area contributed by atoms with Gasteiger partial charge in [0.2, 0.25) is 5.89 Å². The van der Waals surface area contributed by atoms with Gasteiger partial charge in [-0.3, -0.25) is 5.32 Å². The van der Waals surface area contributed by atoms with Crippen molar-refractivity contribution in [2.45, 2.75) is 45.7 Å². The Kier molecular flexibility index (Phi) is 3.97. The smallest absolute Gasteiger partial charge is 0.211 e. The minimum Gasteiger partial charge on any atom is -0.493 e. The lowest BCUT2D eigenvalue weighted by molar-refractivity contribution is 0.356. The molecule has 4 heteroatoms. The quantitative estimate of drug-likeness (QED) is 0.910. The highest BCUT2D eigenvalue weighted by molar-refractivity contribution is 5.40. The third-order valence-electron chi connectivity index (χ3n) is 3.98. The lowest BCUT2D eigenvalue weighted by Crippen LogP contribution is -2.24. The van der Waals surface area contributed by atoms with Gasteiger partial charge in [-0.05, 0) is 37.5 Å². The van der Waals surface area contributed by atoms with Crippen LogP contribution in [-0.2, 0) is 6.42 Å². The van der Waals surface area contributed by atoms with Crippen LogP contribution in [0.4, 0.5) is 0 Å². The molecule has 1 aromatic carbocycles. The summed E-state index contributed by atoms with van der Waals surface area (Å²) < 4.78 is 11.2. The molecule has 2 aromatic rings. The molecule has 2 unspecified atom stereocenters. The number of nitrogens with one attached hydrogen (secondary N) is 1. The van der Waals surface area contributed by atoms with Crippen LogP contribution in [-0.4, -0.2) is 11.6 Å². The molecule has 0 saturated heterocycles. The number of hydrogen-bond acceptors (Lipinski definition) is 4. The Bertz CT molecular complexity index is 621. The van der Waals surface area contributed by atoms with Gasteiger partial charge in [0.25, 0.3) is 0 Å². The number of oxazole rings is 1. The van der Waals surface area contributed by atoms with E-state index in [9.17, 15) is 0 Å². The van der Waals surface area contributed by atoms with E-state index in [1.165, 1.54) is 11.1 Å². The number of fused-ring (bicyclic) bond motifs is 1. The fourth-order valence-corrected chi connectivity index (χ4v) is 2.82. The van der Waals surface area contributed by atoms with Crippen LogP contribution in [0.5, 0.6) is 5.75 Å². The number of nitrogens with zero attached hydrogens (tertiary/aromatic N) is 1. The molecule has 0 spiro atoms. The average Bonchev–Trinajstić information content (AvgIpc) is 3.12. The molecule has 0 bridgehead atoms. The fraction of sp³-hybridized carbons (Fsp3) is 0.471. The Morgan fingerprint density at radius 2 is 2.24 bits per heavy atom.